The first kappa shape index (κ1) is 19.1. The number of carbonyl (C=O) groups is 4. The SMILES string of the molecule is C=CCN(OC(=O)NC(=O)C(=C)C)OC(=O)NC(=O)C(=C)C. The van der Waals surface area contributed by atoms with Crippen LogP contribution < -0.4 is 10.6 Å². The van der Waals surface area contributed by atoms with E-state index in [4.69, 9.17) is 0 Å². The molecule has 0 saturated carbocycles. The number of amides is 4. The van der Waals surface area contributed by atoms with E-state index in [1.54, 1.807) is 0 Å². The van der Waals surface area contributed by atoms with Crippen molar-refractivity contribution in [1.29, 1.82) is 0 Å². The molecule has 0 aromatic carbocycles. The molecule has 4 amide bonds. The Morgan fingerprint density at radius 2 is 1.32 bits per heavy atom. The number of hydrogen-bond donors (Lipinski definition) is 2. The monoisotopic (exact) mass is 311 g/mol. The number of hydroxylamine groups is 2. The van der Waals surface area contributed by atoms with Crippen molar-refractivity contribution in [3.8, 4) is 0 Å². The molecular formula is C13H17N3O6. The van der Waals surface area contributed by atoms with Crippen molar-refractivity contribution in [3.63, 3.8) is 0 Å². The number of imide groups is 2. The first-order valence-electron chi connectivity index (χ1n) is 5.93. The summed E-state index contributed by atoms with van der Waals surface area (Å²) in [6, 6.07) is 0. The van der Waals surface area contributed by atoms with Crippen LogP contribution in [0.25, 0.3) is 0 Å². The third kappa shape index (κ3) is 7.60. The Labute approximate surface area is 127 Å². The van der Waals surface area contributed by atoms with Gasteiger partial charge in [-0.2, -0.15) is 0 Å². The van der Waals surface area contributed by atoms with Crippen molar-refractivity contribution >= 4 is 24.0 Å². The first-order valence-corrected chi connectivity index (χ1v) is 5.93. The summed E-state index contributed by atoms with van der Waals surface area (Å²) in [5, 5.41) is 4.09. The Hall–Kier alpha value is -2.94. The predicted molar refractivity (Wildman–Crippen MR) is 75.8 cm³/mol. The zero-order valence-electron chi connectivity index (χ0n) is 12.3. The van der Waals surface area contributed by atoms with Crippen LogP contribution in [-0.2, 0) is 19.3 Å². The van der Waals surface area contributed by atoms with Crippen LogP contribution in [0.2, 0.25) is 0 Å². The fourth-order valence-electron chi connectivity index (χ4n) is 0.828. The lowest BCUT2D eigenvalue weighted by Gasteiger charge is -2.17. The summed E-state index contributed by atoms with van der Waals surface area (Å²) in [4.78, 5) is 54.3. The molecule has 0 aromatic heterocycles. The summed E-state index contributed by atoms with van der Waals surface area (Å²) < 4.78 is 0. The van der Waals surface area contributed by atoms with Gasteiger partial charge in [0.2, 0.25) is 0 Å². The Morgan fingerprint density at radius 1 is 0.955 bits per heavy atom. The van der Waals surface area contributed by atoms with Gasteiger partial charge in [-0.25, -0.2) is 9.59 Å². The fraction of sp³-hybridized carbons (Fsp3) is 0.231. The quantitative estimate of drug-likeness (QED) is 0.426. The maximum Gasteiger partial charge on any atom is 0.435 e. The maximum absolute atomic E-state index is 11.4. The molecule has 0 bridgehead atoms. The summed E-state index contributed by atoms with van der Waals surface area (Å²) in [6.07, 6.45) is -1.15. The highest BCUT2D eigenvalue weighted by molar-refractivity contribution is 6.02. The van der Waals surface area contributed by atoms with Gasteiger partial charge in [-0.3, -0.25) is 20.2 Å². The Kier molecular flexibility index (Phi) is 7.87. The lowest BCUT2D eigenvalue weighted by molar-refractivity contribution is -0.289. The summed E-state index contributed by atoms with van der Waals surface area (Å²) in [6.45, 7) is 12.6. The van der Waals surface area contributed by atoms with E-state index in [9.17, 15) is 19.2 Å². The van der Waals surface area contributed by atoms with E-state index >= 15 is 0 Å². The predicted octanol–water partition coefficient (Wildman–Crippen LogP) is 0.962. The van der Waals surface area contributed by atoms with Crippen LogP contribution in [0.1, 0.15) is 13.8 Å². The van der Waals surface area contributed by atoms with Crippen LogP contribution in [0, 0.1) is 0 Å². The van der Waals surface area contributed by atoms with Gasteiger partial charge < -0.3 is 9.68 Å². The number of carbonyl (C=O) groups excluding carboxylic acids is 4. The molecule has 0 aromatic rings. The summed E-state index contributed by atoms with van der Waals surface area (Å²) in [5.41, 5.74) is 0.163. The zero-order valence-corrected chi connectivity index (χ0v) is 12.3. The first-order chi connectivity index (χ1) is 10.2. The standard InChI is InChI=1S/C13H17N3O6/c1-6-7-16(21-12(19)14-10(17)8(2)3)22-13(20)15-11(18)9(4)5/h6H,1-2,4,7H2,3,5H3,(H,14,17,19)(H,15,18,20). The third-order valence-electron chi connectivity index (χ3n) is 1.85. The molecule has 0 heterocycles. The van der Waals surface area contributed by atoms with E-state index in [0.29, 0.717) is 5.23 Å². The van der Waals surface area contributed by atoms with Crippen molar-refractivity contribution < 1.29 is 28.9 Å². The highest BCUT2D eigenvalue weighted by atomic mass is 17.0. The van der Waals surface area contributed by atoms with Crippen LogP contribution in [0.15, 0.2) is 37.0 Å². The lowest BCUT2D eigenvalue weighted by Crippen LogP contribution is -2.41. The molecule has 22 heavy (non-hydrogen) atoms. The molecule has 0 atom stereocenters. The number of nitrogens with zero attached hydrogens (tertiary/aromatic N) is 1. The van der Waals surface area contributed by atoms with Gasteiger partial charge in [-0.15, -0.1) is 6.58 Å². The van der Waals surface area contributed by atoms with Gasteiger partial charge in [-0.1, -0.05) is 19.2 Å². The van der Waals surface area contributed by atoms with Crippen LogP contribution in [0.5, 0.6) is 0 Å². The van der Waals surface area contributed by atoms with Gasteiger partial charge in [0.15, 0.2) is 0 Å². The molecule has 0 saturated heterocycles. The second-order valence-corrected chi connectivity index (χ2v) is 4.03. The van der Waals surface area contributed by atoms with E-state index in [0.717, 1.165) is 0 Å². The molecular weight excluding hydrogens is 294 g/mol. The van der Waals surface area contributed by atoms with Crippen LogP contribution in [0.4, 0.5) is 9.59 Å². The average Bonchev–Trinajstić information content (AvgIpc) is 2.37. The minimum absolute atomic E-state index is 0.0814. The van der Waals surface area contributed by atoms with E-state index in [-0.39, 0.29) is 17.7 Å². The van der Waals surface area contributed by atoms with Crippen LogP contribution >= 0.6 is 0 Å². The molecule has 9 heteroatoms. The smallest absolute Gasteiger partial charge is 0.314 e. The normalized spacial score (nSPS) is 9.41. The molecule has 0 fully saturated rings. The van der Waals surface area contributed by atoms with E-state index in [1.807, 2.05) is 10.6 Å². The van der Waals surface area contributed by atoms with E-state index in [1.165, 1.54) is 19.9 Å². The van der Waals surface area contributed by atoms with E-state index < -0.39 is 24.0 Å². The zero-order chi connectivity index (χ0) is 17.3. The second kappa shape index (κ2) is 9.08. The van der Waals surface area contributed by atoms with Gasteiger partial charge in [-0.05, 0) is 13.8 Å². The van der Waals surface area contributed by atoms with Gasteiger partial charge in [0.05, 0.1) is 6.54 Å². The van der Waals surface area contributed by atoms with Crippen LogP contribution in [-0.4, -0.2) is 35.8 Å². The Morgan fingerprint density at radius 3 is 1.59 bits per heavy atom. The van der Waals surface area contributed by atoms with E-state index in [2.05, 4.69) is 29.4 Å². The molecule has 0 rings (SSSR count). The van der Waals surface area contributed by atoms with Crippen molar-refractivity contribution in [3.05, 3.63) is 37.0 Å². The molecule has 9 nitrogen and oxygen atoms in total. The van der Waals surface area contributed by atoms with Crippen molar-refractivity contribution in [2.45, 2.75) is 13.8 Å². The fourth-order valence-corrected chi connectivity index (χ4v) is 0.828. The summed E-state index contributed by atoms with van der Waals surface area (Å²) in [7, 11) is 0. The number of rotatable bonds is 6. The number of nitrogens with one attached hydrogen (secondary N) is 2. The minimum atomic E-state index is -1.20. The Balaban J connectivity index is 4.56. The summed E-state index contributed by atoms with van der Waals surface area (Å²) >= 11 is 0. The van der Waals surface area contributed by atoms with Gasteiger partial charge in [0.1, 0.15) is 0 Å². The van der Waals surface area contributed by atoms with Gasteiger partial charge in [0, 0.05) is 16.4 Å². The van der Waals surface area contributed by atoms with Gasteiger partial charge >= 0.3 is 12.2 Å². The molecule has 0 radical (unpaired) electrons. The number of hydrogen-bond acceptors (Lipinski definition) is 7. The second-order valence-electron chi connectivity index (χ2n) is 4.03. The molecule has 120 valence electrons. The molecule has 0 aliphatic heterocycles. The average molecular weight is 311 g/mol. The van der Waals surface area contributed by atoms with Crippen molar-refractivity contribution in [2.24, 2.45) is 0 Å². The highest BCUT2D eigenvalue weighted by Crippen LogP contribution is 1.97. The Bertz CT molecular complexity index is 484. The highest BCUT2D eigenvalue weighted by Gasteiger charge is 2.19. The molecule has 2 N–H and O–H groups in total. The molecule has 0 aliphatic rings. The molecule has 0 spiro atoms. The lowest BCUT2D eigenvalue weighted by atomic mass is 10.3. The largest absolute Gasteiger partial charge is 0.435 e. The summed E-state index contributed by atoms with van der Waals surface area (Å²) in [5.74, 6) is -1.52. The molecule has 0 unspecified atom stereocenters. The van der Waals surface area contributed by atoms with Crippen molar-refractivity contribution in [2.75, 3.05) is 6.54 Å². The maximum atomic E-state index is 11.4. The van der Waals surface area contributed by atoms with Crippen molar-refractivity contribution in [1.82, 2.24) is 15.9 Å². The third-order valence-corrected chi connectivity index (χ3v) is 1.85. The topological polar surface area (TPSA) is 114 Å². The van der Waals surface area contributed by atoms with Gasteiger partial charge in [0.25, 0.3) is 11.8 Å². The molecule has 0 aliphatic carbocycles. The van der Waals surface area contributed by atoms with Crippen LogP contribution in [0.3, 0.4) is 0 Å². The minimum Gasteiger partial charge on any atom is -0.314 e.